The van der Waals surface area contributed by atoms with Crippen LogP contribution < -0.4 is 15.8 Å². The molecule has 0 amide bonds. The topological polar surface area (TPSA) is 8.17 Å². The molecule has 0 unspecified atom stereocenters. The molecule has 0 saturated heterocycles. The molecule has 2 aliphatic heterocycles. The van der Waals surface area contributed by atoms with Gasteiger partial charge in [0.15, 0.2) is 0 Å². The summed E-state index contributed by atoms with van der Waals surface area (Å²) < 4.78 is 2.67. The van der Waals surface area contributed by atoms with Crippen LogP contribution in [0, 0.1) is 27.7 Å². The molecule has 228 valence electrons. The van der Waals surface area contributed by atoms with E-state index in [4.69, 9.17) is 0 Å². The highest BCUT2D eigenvalue weighted by Crippen LogP contribution is 2.49. The molecule has 0 bridgehead atoms. The number of hydrogen-bond acceptors (Lipinski definition) is 2. The van der Waals surface area contributed by atoms with Crippen LogP contribution in [0.4, 0.5) is 17.1 Å². The summed E-state index contributed by atoms with van der Waals surface area (Å²) in [6.07, 6.45) is 0. The molecule has 2 aliphatic rings. The zero-order valence-electron chi connectivity index (χ0n) is 27.5. The highest BCUT2D eigenvalue weighted by atomic mass is 32.1. The van der Waals surface area contributed by atoms with E-state index in [-0.39, 0.29) is 6.85 Å². The van der Waals surface area contributed by atoms with E-state index < -0.39 is 0 Å². The average Bonchev–Trinajstić information content (AvgIpc) is 3.67. The number of fused-ring (bicyclic) bond motifs is 7. The third-order valence-corrected chi connectivity index (χ3v) is 11.8. The lowest BCUT2D eigenvalue weighted by atomic mass is 9.46. The van der Waals surface area contributed by atoms with Gasteiger partial charge in [-0.1, -0.05) is 78.9 Å². The van der Waals surface area contributed by atoms with Gasteiger partial charge in [0.1, 0.15) is 0 Å². The summed E-state index contributed by atoms with van der Waals surface area (Å²) in [5.41, 5.74) is 21.0. The molecule has 0 fully saturated rings. The van der Waals surface area contributed by atoms with Crippen LogP contribution in [0.25, 0.3) is 54.5 Å². The summed E-state index contributed by atoms with van der Waals surface area (Å²) >= 11 is 1.90. The molecule has 0 spiro atoms. The number of para-hydroxylation sites is 2. The van der Waals surface area contributed by atoms with Crippen LogP contribution in [0.3, 0.4) is 0 Å². The van der Waals surface area contributed by atoms with E-state index in [2.05, 4.69) is 164 Å². The smallest absolute Gasteiger partial charge is 0.333 e. The second-order valence-electron chi connectivity index (χ2n) is 13.6. The van der Waals surface area contributed by atoms with Crippen molar-refractivity contribution < 1.29 is 0 Å². The first-order chi connectivity index (χ1) is 23.5. The van der Waals surface area contributed by atoms with Crippen molar-refractivity contribution in [3.05, 3.63) is 149 Å². The van der Waals surface area contributed by atoms with Gasteiger partial charge in [0.2, 0.25) is 0 Å². The molecule has 0 atom stereocenters. The molecule has 10 rings (SSSR count). The van der Waals surface area contributed by atoms with Crippen LogP contribution in [0.1, 0.15) is 22.3 Å². The van der Waals surface area contributed by atoms with E-state index >= 15 is 0 Å². The normalized spacial score (nSPS) is 12.9. The Kier molecular flexibility index (Phi) is 5.84. The van der Waals surface area contributed by atoms with E-state index in [1.807, 2.05) is 11.3 Å². The molecule has 8 aromatic rings. The molecule has 4 heterocycles. The zero-order chi connectivity index (χ0) is 32.3. The summed E-state index contributed by atoms with van der Waals surface area (Å²) in [6, 6.07) is 45.4. The van der Waals surface area contributed by atoms with Crippen molar-refractivity contribution in [1.82, 2.24) is 4.48 Å². The predicted molar refractivity (Wildman–Crippen MR) is 208 cm³/mol. The van der Waals surface area contributed by atoms with Crippen LogP contribution in [0.15, 0.2) is 127 Å². The SMILES string of the molecule is Cc1cccc(C)c1-c1ccc2c(c1)c1cc(-c3c(C)cccc3C)cc3c1n2B1c2ccccc2N(c2ccccc2)c2csc-3c21. The summed E-state index contributed by atoms with van der Waals surface area (Å²) in [7, 11) is 0. The van der Waals surface area contributed by atoms with Gasteiger partial charge in [-0.2, -0.15) is 0 Å². The number of hydrogen-bond donors (Lipinski definition) is 0. The Labute approximate surface area is 285 Å². The van der Waals surface area contributed by atoms with Crippen molar-refractivity contribution in [3.63, 3.8) is 0 Å². The van der Waals surface area contributed by atoms with Crippen LogP contribution >= 0.6 is 11.3 Å². The maximum absolute atomic E-state index is 2.67. The van der Waals surface area contributed by atoms with Gasteiger partial charge in [-0.3, -0.25) is 0 Å². The van der Waals surface area contributed by atoms with Crippen molar-refractivity contribution in [2.24, 2.45) is 0 Å². The Morgan fingerprint density at radius 3 is 1.94 bits per heavy atom. The Bertz CT molecular complexity index is 2590. The number of aryl methyl sites for hydroxylation is 4. The average molecular weight is 633 g/mol. The monoisotopic (exact) mass is 632 g/mol. The molecular weight excluding hydrogens is 599 g/mol. The Morgan fingerprint density at radius 1 is 0.562 bits per heavy atom. The highest BCUT2D eigenvalue weighted by Gasteiger charge is 2.43. The first-order valence-corrected chi connectivity index (χ1v) is 17.7. The number of benzene rings is 6. The summed E-state index contributed by atoms with van der Waals surface area (Å²) in [5, 5.41) is 5.04. The molecular formula is C44H33BN2S. The molecule has 2 nitrogen and oxygen atoms in total. The first-order valence-electron chi connectivity index (χ1n) is 16.8. The molecule has 0 radical (unpaired) electrons. The number of rotatable bonds is 3. The van der Waals surface area contributed by atoms with Crippen molar-refractivity contribution in [2.75, 3.05) is 4.90 Å². The van der Waals surface area contributed by atoms with Gasteiger partial charge < -0.3 is 9.38 Å². The van der Waals surface area contributed by atoms with Gasteiger partial charge in [-0.05, 0) is 126 Å². The third kappa shape index (κ3) is 3.69. The number of nitrogens with zero attached hydrogens (tertiary/aromatic N) is 2. The van der Waals surface area contributed by atoms with E-state index in [9.17, 15) is 0 Å². The summed E-state index contributed by atoms with van der Waals surface area (Å²) in [5.74, 6) is 0. The fourth-order valence-electron chi connectivity index (χ4n) is 8.80. The maximum Gasteiger partial charge on any atom is 0.333 e. The van der Waals surface area contributed by atoms with E-state index in [1.54, 1.807) is 0 Å². The van der Waals surface area contributed by atoms with Gasteiger partial charge in [-0.25, -0.2) is 0 Å². The molecule has 0 saturated carbocycles. The van der Waals surface area contributed by atoms with Crippen LogP contribution in [-0.2, 0) is 0 Å². The number of aromatic nitrogens is 1. The molecule has 0 aliphatic carbocycles. The minimum Gasteiger partial charge on any atom is -0.375 e. The standard InChI is InChI=1S/C44H33BN2S/c1-26-12-10-13-27(2)40(26)30-20-21-37-33(22-30)34-23-31(41-28(3)14-11-15-29(41)4)24-35-43(34)47(37)45-36-18-8-9-19-38(36)46(32-16-6-5-7-17-32)39-25-48-44(35)42(39)45/h5-25H,1-4H3. The minimum atomic E-state index is 0.0852. The van der Waals surface area contributed by atoms with Gasteiger partial charge in [0, 0.05) is 49.0 Å². The van der Waals surface area contributed by atoms with E-state index in [0.717, 1.165) is 0 Å². The maximum atomic E-state index is 2.67. The van der Waals surface area contributed by atoms with Crippen LogP contribution in [-0.4, -0.2) is 11.3 Å². The van der Waals surface area contributed by atoms with Crippen molar-refractivity contribution in [3.8, 4) is 32.7 Å². The van der Waals surface area contributed by atoms with Gasteiger partial charge in [0.25, 0.3) is 0 Å². The van der Waals surface area contributed by atoms with Crippen LogP contribution in [0.5, 0.6) is 0 Å². The predicted octanol–water partition coefficient (Wildman–Crippen LogP) is 10.8. The van der Waals surface area contributed by atoms with Crippen molar-refractivity contribution >= 4 is 68.0 Å². The minimum absolute atomic E-state index is 0.0852. The molecule has 48 heavy (non-hydrogen) atoms. The van der Waals surface area contributed by atoms with Gasteiger partial charge in [0.05, 0.1) is 5.69 Å². The summed E-state index contributed by atoms with van der Waals surface area (Å²) in [6.45, 7) is 9.05. The second kappa shape index (κ2) is 10.1. The Balaban J connectivity index is 1.35. The third-order valence-electron chi connectivity index (χ3n) is 10.7. The number of anilines is 3. The lowest BCUT2D eigenvalue weighted by molar-refractivity contribution is 1.27. The first kappa shape index (κ1) is 27.8. The lowest BCUT2D eigenvalue weighted by Crippen LogP contribution is -2.55. The highest BCUT2D eigenvalue weighted by molar-refractivity contribution is 7.17. The summed E-state index contributed by atoms with van der Waals surface area (Å²) in [4.78, 5) is 3.86. The number of thiophene rings is 1. The fourth-order valence-corrected chi connectivity index (χ4v) is 9.89. The second-order valence-corrected chi connectivity index (χ2v) is 14.4. The molecule has 2 aromatic heterocycles. The Morgan fingerprint density at radius 2 is 1.21 bits per heavy atom. The lowest BCUT2D eigenvalue weighted by Gasteiger charge is -2.37. The van der Waals surface area contributed by atoms with Crippen LogP contribution in [0.2, 0.25) is 0 Å². The zero-order valence-corrected chi connectivity index (χ0v) is 28.3. The quantitative estimate of drug-likeness (QED) is 0.176. The van der Waals surface area contributed by atoms with E-state index in [1.165, 1.54) is 105 Å². The largest absolute Gasteiger partial charge is 0.375 e. The Hall–Kier alpha value is -5.32. The van der Waals surface area contributed by atoms with Gasteiger partial charge in [-0.15, -0.1) is 11.3 Å². The molecule has 6 aromatic carbocycles. The molecule has 4 heteroatoms. The van der Waals surface area contributed by atoms with E-state index in [0.29, 0.717) is 0 Å². The van der Waals surface area contributed by atoms with Gasteiger partial charge >= 0.3 is 6.85 Å². The molecule has 0 N–H and O–H groups in total. The van der Waals surface area contributed by atoms with Crippen molar-refractivity contribution in [2.45, 2.75) is 27.7 Å². The fraction of sp³-hybridized carbons (Fsp3) is 0.0909. The van der Waals surface area contributed by atoms with Crippen molar-refractivity contribution in [1.29, 1.82) is 0 Å².